The molecular weight excluding hydrogens is 290 g/mol. The summed E-state index contributed by atoms with van der Waals surface area (Å²) in [5.41, 5.74) is 4.47. The molecule has 0 saturated carbocycles. The van der Waals surface area contributed by atoms with E-state index in [0.717, 1.165) is 23.2 Å². The van der Waals surface area contributed by atoms with Gasteiger partial charge in [0.05, 0.1) is 0 Å². The molecule has 0 bridgehead atoms. The van der Waals surface area contributed by atoms with Gasteiger partial charge < -0.3 is 15.2 Å². The Bertz CT molecular complexity index is 637. The lowest BCUT2D eigenvalue weighted by Crippen LogP contribution is -2.26. The van der Waals surface area contributed by atoms with Crippen LogP contribution in [0.2, 0.25) is 0 Å². The second kappa shape index (κ2) is 8.46. The Labute approximate surface area is 137 Å². The number of nitrogens with one attached hydrogen (secondary N) is 1. The summed E-state index contributed by atoms with van der Waals surface area (Å²) in [6.45, 7) is 3.03. The lowest BCUT2D eigenvalue weighted by molar-refractivity contribution is -0.149. The Morgan fingerprint density at radius 2 is 1.87 bits per heavy atom. The van der Waals surface area contributed by atoms with E-state index in [2.05, 4.69) is 23.5 Å². The van der Waals surface area contributed by atoms with E-state index in [1.807, 2.05) is 37.4 Å². The monoisotopic (exact) mass is 313 g/mol. The van der Waals surface area contributed by atoms with Gasteiger partial charge in [-0.15, -0.1) is 0 Å². The smallest absolute Gasteiger partial charge is 0.333 e. The summed E-state index contributed by atoms with van der Waals surface area (Å²) >= 11 is 0. The van der Waals surface area contributed by atoms with Crippen LogP contribution in [0.15, 0.2) is 48.5 Å². The third kappa shape index (κ3) is 4.91. The Kier molecular flexibility index (Phi) is 6.32. The van der Waals surface area contributed by atoms with E-state index in [1.165, 1.54) is 5.56 Å². The first kappa shape index (κ1) is 17.2. The van der Waals surface area contributed by atoms with Crippen LogP contribution in [0, 0.1) is 0 Å². The molecule has 0 fully saturated rings. The van der Waals surface area contributed by atoms with E-state index in [9.17, 15) is 4.79 Å². The molecule has 0 aliphatic carbocycles. The van der Waals surface area contributed by atoms with E-state index in [-0.39, 0.29) is 0 Å². The highest BCUT2D eigenvalue weighted by Gasteiger charge is 2.17. The third-order valence-electron chi connectivity index (χ3n) is 3.66. The van der Waals surface area contributed by atoms with Crippen molar-refractivity contribution in [1.29, 1.82) is 0 Å². The molecule has 23 heavy (non-hydrogen) atoms. The van der Waals surface area contributed by atoms with Crippen molar-refractivity contribution >= 4 is 5.97 Å². The lowest BCUT2D eigenvalue weighted by Gasteiger charge is -2.13. The summed E-state index contributed by atoms with van der Waals surface area (Å²) in [5, 5.41) is 12.3. The predicted octanol–water partition coefficient (Wildman–Crippen LogP) is 3.11. The molecule has 0 spiro atoms. The van der Waals surface area contributed by atoms with Gasteiger partial charge in [-0.25, -0.2) is 4.79 Å². The van der Waals surface area contributed by atoms with Crippen LogP contribution >= 0.6 is 0 Å². The fraction of sp³-hybridized carbons (Fsp3) is 0.316. The van der Waals surface area contributed by atoms with Crippen molar-refractivity contribution in [2.45, 2.75) is 26.0 Å². The van der Waals surface area contributed by atoms with Crippen molar-refractivity contribution in [3.8, 4) is 11.1 Å². The van der Waals surface area contributed by atoms with Gasteiger partial charge >= 0.3 is 5.97 Å². The van der Waals surface area contributed by atoms with Crippen LogP contribution < -0.4 is 5.32 Å². The number of hydrogen-bond acceptors (Lipinski definition) is 3. The molecule has 0 aliphatic rings. The van der Waals surface area contributed by atoms with Gasteiger partial charge in [-0.1, -0.05) is 42.5 Å². The van der Waals surface area contributed by atoms with Gasteiger partial charge in [0.1, 0.15) is 0 Å². The molecule has 0 saturated heterocycles. The van der Waals surface area contributed by atoms with Crippen LogP contribution in [-0.4, -0.2) is 30.8 Å². The van der Waals surface area contributed by atoms with E-state index in [1.54, 1.807) is 6.92 Å². The first-order chi connectivity index (χ1) is 11.1. The Morgan fingerprint density at radius 3 is 2.48 bits per heavy atom. The molecule has 2 aromatic carbocycles. The van der Waals surface area contributed by atoms with Gasteiger partial charge in [0, 0.05) is 19.6 Å². The first-order valence-electron chi connectivity index (χ1n) is 7.81. The topological polar surface area (TPSA) is 58.6 Å². The molecule has 1 atom stereocenters. The number of benzene rings is 2. The summed E-state index contributed by atoms with van der Waals surface area (Å²) in [6, 6.07) is 16.4. The normalized spacial score (nSPS) is 12.1. The third-order valence-corrected chi connectivity index (χ3v) is 3.66. The second-order valence-corrected chi connectivity index (χ2v) is 5.41. The standard InChI is InChI=1S/C19H23NO3/c1-3-23-18(19(21)22)12-14-7-9-16(10-8-14)17-6-4-5-15(11-17)13-20-2/h4-11,18,20H,3,12-13H2,1-2H3,(H,21,22). The zero-order valence-corrected chi connectivity index (χ0v) is 13.6. The molecule has 0 radical (unpaired) electrons. The Balaban J connectivity index is 2.12. The maximum absolute atomic E-state index is 11.2. The van der Waals surface area contributed by atoms with Gasteiger partial charge in [-0.2, -0.15) is 0 Å². The minimum atomic E-state index is -0.921. The molecule has 1 unspecified atom stereocenters. The van der Waals surface area contributed by atoms with E-state index in [4.69, 9.17) is 9.84 Å². The summed E-state index contributed by atoms with van der Waals surface area (Å²) < 4.78 is 5.26. The summed E-state index contributed by atoms with van der Waals surface area (Å²) in [4.78, 5) is 11.2. The highest BCUT2D eigenvalue weighted by Crippen LogP contribution is 2.21. The fourth-order valence-corrected chi connectivity index (χ4v) is 2.53. The largest absolute Gasteiger partial charge is 0.479 e. The number of carboxylic acid groups (broad SMARTS) is 1. The number of hydrogen-bond donors (Lipinski definition) is 2. The van der Waals surface area contributed by atoms with Crippen molar-refractivity contribution < 1.29 is 14.6 Å². The van der Waals surface area contributed by atoms with Crippen LogP contribution in [0.5, 0.6) is 0 Å². The zero-order valence-electron chi connectivity index (χ0n) is 13.6. The van der Waals surface area contributed by atoms with Crippen LogP contribution in [0.25, 0.3) is 11.1 Å². The average molecular weight is 313 g/mol. The SMILES string of the molecule is CCOC(Cc1ccc(-c2cccc(CNC)c2)cc1)C(=O)O. The minimum Gasteiger partial charge on any atom is -0.479 e. The van der Waals surface area contributed by atoms with Crippen molar-refractivity contribution in [1.82, 2.24) is 5.32 Å². The van der Waals surface area contributed by atoms with Crippen LogP contribution in [0.3, 0.4) is 0 Å². The molecule has 0 aromatic heterocycles. The van der Waals surface area contributed by atoms with Crippen molar-refractivity contribution in [3.05, 3.63) is 59.7 Å². The maximum atomic E-state index is 11.2. The molecule has 0 aliphatic heterocycles. The average Bonchev–Trinajstić information content (AvgIpc) is 2.55. The van der Waals surface area contributed by atoms with Gasteiger partial charge in [0.2, 0.25) is 0 Å². The summed E-state index contributed by atoms with van der Waals surface area (Å²) in [7, 11) is 1.93. The molecular formula is C19H23NO3. The summed E-state index contributed by atoms with van der Waals surface area (Å²) in [5.74, 6) is -0.921. The number of carboxylic acids is 1. The first-order valence-corrected chi connectivity index (χ1v) is 7.81. The zero-order chi connectivity index (χ0) is 16.7. The molecule has 4 nitrogen and oxygen atoms in total. The number of carbonyl (C=O) groups is 1. The highest BCUT2D eigenvalue weighted by atomic mass is 16.5. The van der Waals surface area contributed by atoms with E-state index in [0.29, 0.717) is 13.0 Å². The molecule has 0 amide bonds. The number of ether oxygens (including phenoxy) is 1. The van der Waals surface area contributed by atoms with Crippen LogP contribution in [-0.2, 0) is 22.5 Å². The van der Waals surface area contributed by atoms with Crippen molar-refractivity contribution in [2.75, 3.05) is 13.7 Å². The van der Waals surface area contributed by atoms with E-state index < -0.39 is 12.1 Å². The fourth-order valence-electron chi connectivity index (χ4n) is 2.53. The quantitative estimate of drug-likeness (QED) is 0.786. The van der Waals surface area contributed by atoms with Crippen LogP contribution in [0.1, 0.15) is 18.1 Å². The second-order valence-electron chi connectivity index (χ2n) is 5.41. The lowest BCUT2D eigenvalue weighted by atomic mass is 10.00. The van der Waals surface area contributed by atoms with Crippen molar-refractivity contribution in [3.63, 3.8) is 0 Å². The van der Waals surface area contributed by atoms with Crippen molar-refractivity contribution in [2.24, 2.45) is 0 Å². The molecule has 122 valence electrons. The van der Waals surface area contributed by atoms with Gasteiger partial charge in [0.25, 0.3) is 0 Å². The minimum absolute atomic E-state index is 0.378. The van der Waals surface area contributed by atoms with Gasteiger partial charge in [-0.05, 0) is 42.3 Å². The molecule has 4 heteroatoms. The summed E-state index contributed by atoms with van der Waals surface area (Å²) in [6.07, 6.45) is -0.409. The van der Waals surface area contributed by atoms with E-state index >= 15 is 0 Å². The number of rotatable bonds is 8. The van der Waals surface area contributed by atoms with Gasteiger partial charge in [-0.3, -0.25) is 0 Å². The predicted molar refractivity (Wildman–Crippen MR) is 91.4 cm³/mol. The Morgan fingerprint density at radius 1 is 1.13 bits per heavy atom. The highest BCUT2D eigenvalue weighted by molar-refractivity contribution is 5.73. The molecule has 2 aromatic rings. The Hall–Kier alpha value is -2.17. The molecule has 2 rings (SSSR count). The number of aliphatic carboxylic acids is 1. The maximum Gasteiger partial charge on any atom is 0.333 e. The molecule has 0 heterocycles. The van der Waals surface area contributed by atoms with Gasteiger partial charge in [0.15, 0.2) is 6.10 Å². The molecule has 2 N–H and O–H groups in total. The van der Waals surface area contributed by atoms with Crippen LogP contribution in [0.4, 0.5) is 0 Å².